The van der Waals surface area contributed by atoms with Crippen molar-refractivity contribution in [1.29, 1.82) is 0 Å². The first kappa shape index (κ1) is 7.41. The van der Waals surface area contributed by atoms with E-state index in [-0.39, 0.29) is 0 Å². The van der Waals surface area contributed by atoms with E-state index in [1.54, 1.807) is 6.26 Å². The predicted octanol–water partition coefficient (Wildman–Crippen LogP) is 2.62. The van der Waals surface area contributed by atoms with Gasteiger partial charge in [0.15, 0.2) is 0 Å². The summed E-state index contributed by atoms with van der Waals surface area (Å²) in [6.45, 7) is 0.838. The van der Waals surface area contributed by atoms with Gasteiger partial charge < -0.3 is 4.74 Å². The van der Waals surface area contributed by atoms with Crippen molar-refractivity contribution in [3.05, 3.63) is 41.7 Å². The van der Waals surface area contributed by atoms with Crippen LogP contribution in [0, 0.1) is 0 Å². The van der Waals surface area contributed by atoms with Crippen LogP contribution in [0.3, 0.4) is 0 Å². The lowest BCUT2D eigenvalue weighted by Crippen LogP contribution is -1.97. The molecule has 0 N–H and O–H groups in total. The van der Waals surface area contributed by atoms with Gasteiger partial charge in [-0.3, -0.25) is 0 Å². The molecule has 0 amide bonds. The Balaban J connectivity index is 2.36. The summed E-state index contributed by atoms with van der Waals surface area (Å²) >= 11 is 0. The number of hydrogen-bond acceptors (Lipinski definition) is 1. The lowest BCUT2D eigenvalue weighted by atomic mass is 10.0. The van der Waals surface area contributed by atoms with Crippen LogP contribution in [0.2, 0.25) is 0 Å². The highest BCUT2D eigenvalue weighted by Crippen LogP contribution is 2.14. The smallest absolute Gasteiger partial charge is 0.0876 e. The molecule has 1 nitrogen and oxygen atoms in total. The Hall–Kier alpha value is -1.24. The van der Waals surface area contributed by atoms with E-state index in [0.29, 0.717) is 0 Å². The average molecular weight is 160 g/mol. The van der Waals surface area contributed by atoms with Crippen LogP contribution in [0.25, 0.3) is 6.08 Å². The average Bonchev–Trinajstić information content (AvgIpc) is 2.06. The molecule has 0 saturated carbocycles. The van der Waals surface area contributed by atoms with Gasteiger partial charge in [0.05, 0.1) is 12.9 Å². The molecule has 1 heterocycles. The summed E-state index contributed by atoms with van der Waals surface area (Å²) < 4.78 is 5.25. The Morgan fingerprint density at radius 2 is 2.08 bits per heavy atom. The summed E-state index contributed by atoms with van der Waals surface area (Å²) in [4.78, 5) is 0. The Bertz CT molecular complexity index is 289. The van der Waals surface area contributed by atoms with Gasteiger partial charge in [-0.1, -0.05) is 24.3 Å². The zero-order valence-corrected chi connectivity index (χ0v) is 6.99. The van der Waals surface area contributed by atoms with Gasteiger partial charge in [-0.15, -0.1) is 0 Å². The van der Waals surface area contributed by atoms with Crippen LogP contribution in [0.5, 0.6) is 0 Å². The molecule has 1 aromatic carbocycles. The fraction of sp³-hybridized carbons (Fsp3) is 0.273. The quantitative estimate of drug-likeness (QED) is 0.567. The predicted molar refractivity (Wildman–Crippen MR) is 49.7 cm³/mol. The fourth-order valence-corrected chi connectivity index (χ4v) is 1.46. The minimum absolute atomic E-state index is 0.838. The van der Waals surface area contributed by atoms with E-state index in [1.165, 1.54) is 11.1 Å². The number of rotatable bonds is 0. The maximum absolute atomic E-state index is 5.25. The summed E-state index contributed by atoms with van der Waals surface area (Å²) in [5, 5.41) is 0. The second-order valence-corrected chi connectivity index (χ2v) is 2.98. The first-order chi connectivity index (χ1) is 5.97. The van der Waals surface area contributed by atoms with Crippen molar-refractivity contribution < 1.29 is 4.74 Å². The van der Waals surface area contributed by atoms with Gasteiger partial charge in [0.2, 0.25) is 0 Å². The Morgan fingerprint density at radius 1 is 1.17 bits per heavy atom. The monoisotopic (exact) mass is 160 g/mol. The second-order valence-electron chi connectivity index (χ2n) is 2.98. The largest absolute Gasteiger partial charge is 0.501 e. The Labute approximate surface area is 72.7 Å². The third-order valence-electron chi connectivity index (χ3n) is 2.11. The highest BCUT2D eigenvalue weighted by atomic mass is 16.5. The molecule has 0 spiro atoms. The SMILES string of the molecule is C1=C\c2ccccc2CCCO/1. The van der Waals surface area contributed by atoms with Gasteiger partial charge in [0.25, 0.3) is 0 Å². The molecule has 0 radical (unpaired) electrons. The number of hydrogen-bond donors (Lipinski definition) is 0. The Kier molecular flexibility index (Phi) is 2.12. The van der Waals surface area contributed by atoms with Crippen LogP contribution in [0.4, 0.5) is 0 Å². The molecule has 1 aromatic rings. The van der Waals surface area contributed by atoms with Crippen LogP contribution in [-0.4, -0.2) is 6.61 Å². The van der Waals surface area contributed by atoms with Gasteiger partial charge in [-0.2, -0.15) is 0 Å². The van der Waals surface area contributed by atoms with E-state index in [4.69, 9.17) is 4.74 Å². The Morgan fingerprint density at radius 3 is 3.08 bits per heavy atom. The minimum Gasteiger partial charge on any atom is -0.501 e. The maximum atomic E-state index is 5.25. The topological polar surface area (TPSA) is 9.23 Å². The molecule has 1 aliphatic rings. The van der Waals surface area contributed by atoms with Gasteiger partial charge >= 0.3 is 0 Å². The van der Waals surface area contributed by atoms with Crippen molar-refractivity contribution in [2.45, 2.75) is 12.8 Å². The summed E-state index contributed by atoms with van der Waals surface area (Å²) in [5.41, 5.74) is 2.72. The molecule has 0 unspecified atom stereocenters. The molecule has 62 valence electrons. The first-order valence-corrected chi connectivity index (χ1v) is 4.33. The van der Waals surface area contributed by atoms with Crippen LogP contribution in [0.15, 0.2) is 30.5 Å². The van der Waals surface area contributed by atoms with E-state index < -0.39 is 0 Å². The standard InChI is InChI=1S/C11H12O/c1-2-5-11-7-9-12-8-3-6-10(11)4-1/h1-2,4-5,7,9H,3,6,8H2/b9-7-. The van der Waals surface area contributed by atoms with Crippen molar-refractivity contribution in [2.75, 3.05) is 6.61 Å². The number of benzene rings is 1. The molecular formula is C11H12O. The molecule has 1 heteroatoms. The highest BCUT2D eigenvalue weighted by Gasteiger charge is 2.00. The van der Waals surface area contributed by atoms with Gasteiger partial charge in [0.1, 0.15) is 0 Å². The lowest BCUT2D eigenvalue weighted by Gasteiger charge is -2.09. The summed E-state index contributed by atoms with van der Waals surface area (Å²) in [6, 6.07) is 8.46. The molecular weight excluding hydrogens is 148 g/mol. The van der Waals surface area contributed by atoms with E-state index >= 15 is 0 Å². The third-order valence-corrected chi connectivity index (χ3v) is 2.11. The molecule has 0 bridgehead atoms. The van der Waals surface area contributed by atoms with E-state index in [2.05, 4.69) is 24.3 Å². The zero-order valence-electron chi connectivity index (χ0n) is 6.99. The molecule has 0 aromatic heterocycles. The van der Waals surface area contributed by atoms with Gasteiger partial charge in [-0.25, -0.2) is 0 Å². The van der Waals surface area contributed by atoms with Crippen LogP contribution >= 0.6 is 0 Å². The van der Waals surface area contributed by atoms with Crippen molar-refractivity contribution in [3.63, 3.8) is 0 Å². The summed E-state index contributed by atoms with van der Waals surface area (Å²) in [6.07, 6.45) is 6.06. The molecule has 2 rings (SSSR count). The number of ether oxygens (including phenoxy) is 1. The molecule has 1 aliphatic heterocycles. The van der Waals surface area contributed by atoms with Crippen molar-refractivity contribution >= 4 is 6.08 Å². The van der Waals surface area contributed by atoms with Gasteiger partial charge in [-0.05, 0) is 30.0 Å². The number of aryl methyl sites for hydroxylation is 1. The number of fused-ring (bicyclic) bond motifs is 1. The van der Waals surface area contributed by atoms with Crippen LogP contribution < -0.4 is 0 Å². The van der Waals surface area contributed by atoms with Crippen molar-refractivity contribution in [3.8, 4) is 0 Å². The fourth-order valence-electron chi connectivity index (χ4n) is 1.46. The molecule has 0 aliphatic carbocycles. The molecule has 0 atom stereocenters. The zero-order chi connectivity index (χ0) is 8.23. The van der Waals surface area contributed by atoms with Crippen molar-refractivity contribution in [1.82, 2.24) is 0 Å². The first-order valence-electron chi connectivity index (χ1n) is 4.33. The van der Waals surface area contributed by atoms with Gasteiger partial charge in [0, 0.05) is 0 Å². The normalized spacial score (nSPS) is 18.3. The summed E-state index contributed by atoms with van der Waals surface area (Å²) in [7, 11) is 0. The molecule has 12 heavy (non-hydrogen) atoms. The van der Waals surface area contributed by atoms with E-state index in [9.17, 15) is 0 Å². The van der Waals surface area contributed by atoms with Crippen LogP contribution in [0.1, 0.15) is 17.5 Å². The third kappa shape index (κ3) is 1.50. The highest BCUT2D eigenvalue weighted by molar-refractivity contribution is 5.53. The maximum Gasteiger partial charge on any atom is 0.0876 e. The molecule has 0 fully saturated rings. The van der Waals surface area contributed by atoms with E-state index in [1.807, 2.05) is 6.08 Å². The second kappa shape index (κ2) is 3.44. The lowest BCUT2D eigenvalue weighted by molar-refractivity contribution is 0.246. The van der Waals surface area contributed by atoms with Crippen LogP contribution in [-0.2, 0) is 11.2 Å². The summed E-state index contributed by atoms with van der Waals surface area (Å²) in [5.74, 6) is 0. The minimum atomic E-state index is 0.838. The molecule has 0 saturated heterocycles. The van der Waals surface area contributed by atoms with Crippen molar-refractivity contribution in [2.24, 2.45) is 0 Å². The van der Waals surface area contributed by atoms with E-state index in [0.717, 1.165) is 19.4 Å².